The van der Waals surface area contributed by atoms with Crippen molar-refractivity contribution in [1.29, 1.82) is 0 Å². The SMILES string of the molecule is CCCCCCc1cc[n+](CCCCC)cc1. The molecule has 1 heterocycles. The fourth-order valence-corrected chi connectivity index (χ4v) is 2.10. The Balaban J connectivity index is 2.24. The van der Waals surface area contributed by atoms with E-state index in [2.05, 4.69) is 42.9 Å². The molecule has 1 rings (SSSR count). The van der Waals surface area contributed by atoms with Gasteiger partial charge >= 0.3 is 0 Å². The molecule has 0 fully saturated rings. The van der Waals surface area contributed by atoms with Crippen LogP contribution >= 0.6 is 0 Å². The van der Waals surface area contributed by atoms with Gasteiger partial charge in [0, 0.05) is 18.6 Å². The van der Waals surface area contributed by atoms with E-state index in [4.69, 9.17) is 0 Å². The maximum atomic E-state index is 2.31. The smallest absolute Gasteiger partial charge is 0.169 e. The number of rotatable bonds is 9. The van der Waals surface area contributed by atoms with Crippen molar-refractivity contribution in [3.63, 3.8) is 0 Å². The Hall–Kier alpha value is -0.850. The van der Waals surface area contributed by atoms with Gasteiger partial charge in [0.25, 0.3) is 0 Å². The van der Waals surface area contributed by atoms with Crippen molar-refractivity contribution in [2.24, 2.45) is 0 Å². The average Bonchev–Trinajstić information content (AvgIpc) is 2.37. The molecule has 0 atom stereocenters. The molecule has 0 saturated carbocycles. The van der Waals surface area contributed by atoms with Crippen LogP contribution in [0.1, 0.15) is 64.4 Å². The van der Waals surface area contributed by atoms with Crippen LogP contribution in [0.5, 0.6) is 0 Å². The molecule has 0 aliphatic heterocycles. The van der Waals surface area contributed by atoms with Gasteiger partial charge in [-0.25, -0.2) is 4.57 Å². The standard InChI is InChI=1S/C16H28N/c1-3-5-7-8-10-16-11-14-17(15-12-16)13-9-6-4-2/h11-12,14-15H,3-10,13H2,1-2H3/q+1. The Morgan fingerprint density at radius 1 is 0.824 bits per heavy atom. The summed E-state index contributed by atoms with van der Waals surface area (Å²) in [5.74, 6) is 0. The minimum Gasteiger partial charge on any atom is -0.205 e. The summed E-state index contributed by atoms with van der Waals surface area (Å²) in [7, 11) is 0. The van der Waals surface area contributed by atoms with Gasteiger partial charge < -0.3 is 0 Å². The number of hydrogen-bond donors (Lipinski definition) is 0. The van der Waals surface area contributed by atoms with Gasteiger partial charge in [0.05, 0.1) is 0 Å². The normalized spacial score (nSPS) is 10.7. The van der Waals surface area contributed by atoms with Crippen molar-refractivity contribution >= 4 is 0 Å². The van der Waals surface area contributed by atoms with E-state index in [9.17, 15) is 0 Å². The highest BCUT2D eigenvalue weighted by Gasteiger charge is 2.00. The third kappa shape index (κ3) is 6.45. The second-order valence-corrected chi connectivity index (χ2v) is 4.96. The zero-order chi connectivity index (χ0) is 12.3. The molecule has 0 aliphatic carbocycles. The summed E-state index contributed by atoms with van der Waals surface area (Å²) in [4.78, 5) is 0. The van der Waals surface area contributed by atoms with Gasteiger partial charge in [0.2, 0.25) is 0 Å². The minimum absolute atomic E-state index is 1.17. The monoisotopic (exact) mass is 234 g/mol. The van der Waals surface area contributed by atoms with Crippen molar-refractivity contribution in [3.8, 4) is 0 Å². The fourth-order valence-electron chi connectivity index (χ4n) is 2.10. The first-order chi connectivity index (χ1) is 8.36. The highest BCUT2D eigenvalue weighted by Crippen LogP contribution is 2.06. The summed E-state index contributed by atoms with van der Waals surface area (Å²) in [5, 5.41) is 0. The van der Waals surface area contributed by atoms with E-state index in [0.717, 1.165) is 0 Å². The average molecular weight is 234 g/mol. The number of pyridine rings is 1. The molecule has 0 bridgehead atoms. The topological polar surface area (TPSA) is 3.88 Å². The van der Waals surface area contributed by atoms with Gasteiger partial charge in [-0.1, -0.05) is 39.5 Å². The van der Waals surface area contributed by atoms with Crippen LogP contribution in [0, 0.1) is 0 Å². The quantitative estimate of drug-likeness (QED) is 0.443. The highest BCUT2D eigenvalue weighted by atomic mass is 14.9. The largest absolute Gasteiger partial charge is 0.205 e. The highest BCUT2D eigenvalue weighted by molar-refractivity contribution is 5.07. The fraction of sp³-hybridized carbons (Fsp3) is 0.688. The summed E-state index contributed by atoms with van der Waals surface area (Å²) in [6.07, 6.45) is 15.1. The molecule has 0 amide bonds. The molecule has 1 heteroatoms. The summed E-state index contributed by atoms with van der Waals surface area (Å²) in [6, 6.07) is 4.58. The number of hydrogen-bond acceptors (Lipinski definition) is 0. The van der Waals surface area contributed by atoms with Gasteiger partial charge in [0.1, 0.15) is 6.54 Å². The Morgan fingerprint density at radius 3 is 2.12 bits per heavy atom. The van der Waals surface area contributed by atoms with Gasteiger partial charge in [0.15, 0.2) is 12.4 Å². The van der Waals surface area contributed by atoms with Crippen LogP contribution in [0.25, 0.3) is 0 Å². The first-order valence-electron chi connectivity index (χ1n) is 7.34. The molecule has 17 heavy (non-hydrogen) atoms. The third-order valence-electron chi connectivity index (χ3n) is 3.30. The molecule has 96 valence electrons. The van der Waals surface area contributed by atoms with E-state index >= 15 is 0 Å². The van der Waals surface area contributed by atoms with E-state index in [1.54, 1.807) is 0 Å². The summed E-state index contributed by atoms with van der Waals surface area (Å²) >= 11 is 0. The van der Waals surface area contributed by atoms with E-state index < -0.39 is 0 Å². The second kappa shape index (κ2) is 9.21. The maximum Gasteiger partial charge on any atom is 0.169 e. The summed E-state index contributed by atoms with van der Waals surface area (Å²) in [5.41, 5.74) is 1.49. The first-order valence-corrected chi connectivity index (χ1v) is 7.34. The van der Waals surface area contributed by atoms with E-state index in [1.165, 1.54) is 63.5 Å². The number of nitrogens with zero attached hydrogens (tertiary/aromatic N) is 1. The number of unbranched alkanes of at least 4 members (excludes halogenated alkanes) is 5. The van der Waals surface area contributed by atoms with Gasteiger partial charge in [-0.05, 0) is 24.8 Å². The summed E-state index contributed by atoms with van der Waals surface area (Å²) in [6.45, 7) is 5.69. The molecule has 0 saturated heterocycles. The van der Waals surface area contributed by atoms with E-state index in [0.29, 0.717) is 0 Å². The van der Waals surface area contributed by atoms with Gasteiger partial charge in [-0.3, -0.25) is 0 Å². The maximum absolute atomic E-state index is 2.31. The molecular formula is C16H28N+. The van der Waals surface area contributed by atoms with Crippen LogP contribution in [0.4, 0.5) is 0 Å². The van der Waals surface area contributed by atoms with E-state index in [-0.39, 0.29) is 0 Å². The third-order valence-corrected chi connectivity index (χ3v) is 3.30. The Bertz CT molecular complexity index is 276. The molecule has 0 spiro atoms. The first kappa shape index (κ1) is 14.2. The van der Waals surface area contributed by atoms with Crippen molar-refractivity contribution in [2.45, 2.75) is 71.8 Å². The lowest BCUT2D eigenvalue weighted by Crippen LogP contribution is -2.32. The molecule has 0 unspecified atom stereocenters. The molecule has 1 aromatic heterocycles. The van der Waals surface area contributed by atoms with Crippen LogP contribution in [0.3, 0.4) is 0 Å². The summed E-state index contributed by atoms with van der Waals surface area (Å²) < 4.78 is 2.31. The predicted molar refractivity (Wildman–Crippen MR) is 74.0 cm³/mol. The van der Waals surface area contributed by atoms with Crippen molar-refractivity contribution in [2.75, 3.05) is 0 Å². The van der Waals surface area contributed by atoms with Crippen molar-refractivity contribution < 1.29 is 4.57 Å². The van der Waals surface area contributed by atoms with Crippen LogP contribution in [0.2, 0.25) is 0 Å². The van der Waals surface area contributed by atoms with Crippen molar-refractivity contribution in [3.05, 3.63) is 30.1 Å². The molecule has 1 aromatic rings. The molecular weight excluding hydrogens is 206 g/mol. The molecule has 0 aromatic carbocycles. The lowest BCUT2D eigenvalue weighted by atomic mass is 10.1. The van der Waals surface area contributed by atoms with Crippen LogP contribution < -0.4 is 4.57 Å². The Labute approximate surface area is 107 Å². The van der Waals surface area contributed by atoms with Crippen molar-refractivity contribution in [1.82, 2.24) is 0 Å². The van der Waals surface area contributed by atoms with Crippen LogP contribution in [-0.4, -0.2) is 0 Å². The van der Waals surface area contributed by atoms with Gasteiger partial charge in [-0.2, -0.15) is 0 Å². The molecule has 1 nitrogen and oxygen atoms in total. The number of aromatic nitrogens is 1. The second-order valence-electron chi connectivity index (χ2n) is 4.96. The Kier molecular flexibility index (Phi) is 7.70. The zero-order valence-corrected chi connectivity index (χ0v) is 11.6. The van der Waals surface area contributed by atoms with Gasteiger partial charge in [-0.15, -0.1) is 0 Å². The number of aryl methyl sites for hydroxylation is 2. The lowest BCUT2D eigenvalue weighted by Gasteiger charge is -2.01. The Morgan fingerprint density at radius 2 is 1.47 bits per heavy atom. The van der Waals surface area contributed by atoms with Crippen LogP contribution in [0.15, 0.2) is 24.5 Å². The van der Waals surface area contributed by atoms with Crippen LogP contribution in [-0.2, 0) is 13.0 Å². The lowest BCUT2D eigenvalue weighted by molar-refractivity contribution is -0.697. The predicted octanol–water partition coefficient (Wildman–Crippen LogP) is 4.29. The molecule has 0 N–H and O–H groups in total. The van der Waals surface area contributed by atoms with E-state index in [1.807, 2.05) is 0 Å². The molecule has 0 radical (unpaired) electrons. The zero-order valence-electron chi connectivity index (χ0n) is 11.6. The minimum atomic E-state index is 1.17. The molecule has 0 aliphatic rings.